The lowest BCUT2D eigenvalue weighted by Gasteiger charge is -2.23. The number of aromatic nitrogens is 2. The number of nitrogens with zero attached hydrogens (tertiary/aromatic N) is 1. The van der Waals surface area contributed by atoms with Crippen LogP contribution in [0.15, 0.2) is 36.5 Å². The summed E-state index contributed by atoms with van der Waals surface area (Å²) < 4.78 is 20.5. The fraction of sp³-hybridized carbons (Fsp3) is 0.350. The zero-order valence-electron chi connectivity index (χ0n) is 14.7. The van der Waals surface area contributed by atoms with E-state index in [0.717, 1.165) is 54.0 Å². The van der Waals surface area contributed by atoms with Gasteiger partial charge in [0.15, 0.2) is 0 Å². The molecule has 0 aliphatic carbocycles. The quantitative estimate of drug-likeness (QED) is 0.707. The molecule has 0 radical (unpaired) electrons. The number of hydrogen-bond acceptors (Lipinski definition) is 3. The number of aryl methyl sites for hydroxylation is 1. The number of benzene rings is 1. The number of hydrogen-bond donors (Lipinski definition) is 2. The number of fused-ring (bicyclic) bond motifs is 1. The predicted octanol–water partition coefficient (Wildman–Crippen LogP) is 4.48. The number of nitrogens with one attached hydrogen (secondary N) is 2. The Labute approximate surface area is 158 Å². The van der Waals surface area contributed by atoms with E-state index in [2.05, 4.69) is 15.3 Å². The van der Waals surface area contributed by atoms with Gasteiger partial charge in [0.25, 0.3) is 0 Å². The van der Waals surface area contributed by atoms with Crippen molar-refractivity contribution in [3.05, 3.63) is 48.0 Å². The van der Waals surface area contributed by atoms with E-state index in [1.54, 1.807) is 12.1 Å². The van der Waals surface area contributed by atoms with Crippen LogP contribution in [0.2, 0.25) is 0 Å². The van der Waals surface area contributed by atoms with Crippen LogP contribution in [0.25, 0.3) is 22.2 Å². The molecule has 2 aromatic heterocycles. The first-order chi connectivity index (χ1) is 12.2. The molecule has 2 N–H and O–H groups in total. The molecule has 3 heterocycles. The van der Waals surface area contributed by atoms with Gasteiger partial charge in [-0.15, -0.1) is 12.4 Å². The molecular formula is C20H23ClFN3O. The van der Waals surface area contributed by atoms with Crippen LogP contribution in [-0.2, 0) is 0 Å². The molecular weight excluding hydrogens is 353 g/mol. The number of ether oxygens (including phenoxy) is 1. The minimum absolute atomic E-state index is 0. The number of aromatic amines is 1. The normalized spacial score (nSPS) is 15.0. The number of halogens is 2. The zero-order valence-corrected chi connectivity index (χ0v) is 15.5. The highest BCUT2D eigenvalue weighted by Crippen LogP contribution is 2.36. The summed E-state index contributed by atoms with van der Waals surface area (Å²) in [6.07, 6.45) is 4.06. The van der Waals surface area contributed by atoms with Crippen LogP contribution in [0.4, 0.5) is 4.39 Å². The first kappa shape index (κ1) is 18.7. The molecule has 1 aliphatic rings. The minimum Gasteiger partial charge on any atom is -0.492 e. The summed E-state index contributed by atoms with van der Waals surface area (Å²) in [5, 5.41) is 4.22. The van der Waals surface area contributed by atoms with Crippen LogP contribution >= 0.6 is 12.4 Å². The van der Waals surface area contributed by atoms with Crippen molar-refractivity contribution in [2.45, 2.75) is 19.8 Å². The SMILES string of the molecule is Cc1cc(OCC2CCNCC2)c2c(-c3ccccc3F)c[nH]c2n1.Cl. The van der Waals surface area contributed by atoms with Gasteiger partial charge in [-0.05, 0) is 44.8 Å². The van der Waals surface area contributed by atoms with Gasteiger partial charge in [-0.25, -0.2) is 9.37 Å². The molecule has 1 saturated heterocycles. The molecule has 3 aromatic rings. The molecule has 1 aromatic carbocycles. The van der Waals surface area contributed by atoms with Gasteiger partial charge < -0.3 is 15.0 Å². The second kappa shape index (κ2) is 8.06. The molecule has 1 aliphatic heterocycles. The van der Waals surface area contributed by atoms with E-state index in [1.807, 2.05) is 25.3 Å². The number of pyridine rings is 1. The summed E-state index contributed by atoms with van der Waals surface area (Å²) in [5.41, 5.74) is 2.97. The Morgan fingerprint density at radius 2 is 1.96 bits per heavy atom. The van der Waals surface area contributed by atoms with Crippen LogP contribution < -0.4 is 10.1 Å². The Morgan fingerprint density at radius 3 is 2.73 bits per heavy atom. The maximum Gasteiger partial charge on any atom is 0.141 e. The van der Waals surface area contributed by atoms with Crippen LogP contribution in [0.5, 0.6) is 5.75 Å². The molecule has 0 unspecified atom stereocenters. The lowest BCUT2D eigenvalue weighted by molar-refractivity contribution is 0.217. The second-order valence-corrected chi connectivity index (χ2v) is 6.67. The third kappa shape index (κ3) is 3.69. The molecule has 1 fully saturated rings. The Bertz CT molecular complexity index is 890. The van der Waals surface area contributed by atoms with Crippen LogP contribution in [-0.4, -0.2) is 29.7 Å². The smallest absolute Gasteiger partial charge is 0.141 e. The summed E-state index contributed by atoms with van der Waals surface area (Å²) in [4.78, 5) is 7.70. The van der Waals surface area contributed by atoms with Gasteiger partial charge in [0.05, 0.1) is 12.0 Å². The molecule has 4 nitrogen and oxygen atoms in total. The molecule has 0 spiro atoms. The van der Waals surface area contributed by atoms with Crippen molar-refractivity contribution in [3.8, 4) is 16.9 Å². The van der Waals surface area contributed by atoms with Crippen molar-refractivity contribution in [3.63, 3.8) is 0 Å². The lowest BCUT2D eigenvalue weighted by Crippen LogP contribution is -2.30. The van der Waals surface area contributed by atoms with Crippen molar-refractivity contribution >= 4 is 23.4 Å². The molecule has 26 heavy (non-hydrogen) atoms. The predicted molar refractivity (Wildman–Crippen MR) is 105 cm³/mol. The van der Waals surface area contributed by atoms with Crippen LogP contribution in [0, 0.1) is 18.7 Å². The third-order valence-corrected chi connectivity index (χ3v) is 4.83. The second-order valence-electron chi connectivity index (χ2n) is 6.67. The monoisotopic (exact) mass is 375 g/mol. The summed E-state index contributed by atoms with van der Waals surface area (Å²) in [5.74, 6) is 1.09. The van der Waals surface area contributed by atoms with Gasteiger partial charge in [-0.1, -0.05) is 18.2 Å². The highest BCUT2D eigenvalue weighted by atomic mass is 35.5. The summed E-state index contributed by atoms with van der Waals surface area (Å²) >= 11 is 0. The Morgan fingerprint density at radius 1 is 1.19 bits per heavy atom. The Hall–Kier alpha value is -2.11. The van der Waals surface area contributed by atoms with Crippen molar-refractivity contribution in [1.82, 2.24) is 15.3 Å². The van der Waals surface area contributed by atoms with Gasteiger partial charge in [-0.3, -0.25) is 0 Å². The first-order valence-electron chi connectivity index (χ1n) is 8.79. The van der Waals surface area contributed by atoms with Crippen molar-refractivity contribution in [1.29, 1.82) is 0 Å². The largest absolute Gasteiger partial charge is 0.492 e. The van der Waals surface area contributed by atoms with Crippen molar-refractivity contribution in [2.75, 3.05) is 19.7 Å². The number of rotatable bonds is 4. The third-order valence-electron chi connectivity index (χ3n) is 4.83. The Balaban J connectivity index is 0.00000196. The van der Waals surface area contributed by atoms with Crippen molar-refractivity contribution < 1.29 is 9.13 Å². The maximum atomic E-state index is 14.3. The summed E-state index contributed by atoms with van der Waals surface area (Å²) in [6.45, 7) is 4.72. The summed E-state index contributed by atoms with van der Waals surface area (Å²) in [7, 11) is 0. The van der Waals surface area contributed by atoms with E-state index < -0.39 is 0 Å². The molecule has 0 atom stereocenters. The van der Waals surface area contributed by atoms with E-state index in [-0.39, 0.29) is 18.2 Å². The highest BCUT2D eigenvalue weighted by molar-refractivity contribution is 5.98. The zero-order chi connectivity index (χ0) is 17.2. The average molecular weight is 376 g/mol. The van der Waals surface area contributed by atoms with E-state index in [9.17, 15) is 4.39 Å². The van der Waals surface area contributed by atoms with E-state index in [4.69, 9.17) is 4.74 Å². The molecule has 6 heteroatoms. The molecule has 0 bridgehead atoms. The van der Waals surface area contributed by atoms with Crippen LogP contribution in [0.1, 0.15) is 18.5 Å². The standard InChI is InChI=1S/C20H22FN3O.ClH/c1-13-10-18(25-12-14-6-8-22-9-7-14)19-16(11-23-20(19)24-13)15-4-2-3-5-17(15)21;/h2-5,10-11,14,22H,6-9,12H2,1H3,(H,23,24);1H. The average Bonchev–Trinajstić information content (AvgIpc) is 3.04. The first-order valence-corrected chi connectivity index (χ1v) is 8.79. The molecule has 138 valence electrons. The van der Waals surface area contributed by atoms with Gasteiger partial charge in [0.2, 0.25) is 0 Å². The van der Waals surface area contributed by atoms with Crippen LogP contribution in [0.3, 0.4) is 0 Å². The fourth-order valence-electron chi connectivity index (χ4n) is 3.48. The molecule has 0 amide bonds. The van der Waals surface area contributed by atoms with Gasteiger partial charge >= 0.3 is 0 Å². The maximum absolute atomic E-state index is 14.3. The van der Waals surface area contributed by atoms with Gasteiger partial charge in [0, 0.05) is 29.1 Å². The molecule has 0 saturated carbocycles. The van der Waals surface area contributed by atoms with E-state index in [1.165, 1.54) is 6.07 Å². The Kier molecular flexibility index (Phi) is 5.79. The topological polar surface area (TPSA) is 49.9 Å². The minimum atomic E-state index is -0.242. The van der Waals surface area contributed by atoms with Gasteiger partial charge in [-0.2, -0.15) is 0 Å². The number of piperidine rings is 1. The number of H-pyrrole nitrogens is 1. The molecule has 4 rings (SSSR count). The lowest BCUT2D eigenvalue weighted by atomic mass is 9.99. The van der Waals surface area contributed by atoms with E-state index in [0.29, 0.717) is 18.1 Å². The fourth-order valence-corrected chi connectivity index (χ4v) is 3.48. The van der Waals surface area contributed by atoms with Crippen molar-refractivity contribution in [2.24, 2.45) is 5.92 Å². The van der Waals surface area contributed by atoms with Gasteiger partial charge in [0.1, 0.15) is 17.2 Å². The highest BCUT2D eigenvalue weighted by Gasteiger charge is 2.18. The summed E-state index contributed by atoms with van der Waals surface area (Å²) in [6, 6.07) is 8.75. The van der Waals surface area contributed by atoms with E-state index >= 15 is 0 Å².